The minimum atomic E-state index is -4.55. The van der Waals surface area contributed by atoms with Crippen molar-refractivity contribution in [1.82, 2.24) is 9.80 Å². The van der Waals surface area contributed by atoms with Crippen molar-refractivity contribution in [1.29, 1.82) is 5.26 Å². The van der Waals surface area contributed by atoms with Gasteiger partial charge < -0.3 is 19.6 Å². The molecule has 1 N–H and O–H groups in total. The number of carbonyl (C=O) groups excluding carboxylic acids is 1. The van der Waals surface area contributed by atoms with E-state index in [0.717, 1.165) is 37.8 Å². The third kappa shape index (κ3) is 6.63. The zero-order chi connectivity index (χ0) is 30.9. The van der Waals surface area contributed by atoms with Crippen LogP contribution in [0.5, 0.6) is 0 Å². The first kappa shape index (κ1) is 31.5. The molecule has 0 aromatic heterocycles. The van der Waals surface area contributed by atoms with Gasteiger partial charge in [-0.25, -0.2) is 4.39 Å². The van der Waals surface area contributed by atoms with Crippen molar-refractivity contribution < 1.29 is 37.0 Å². The highest BCUT2D eigenvalue weighted by atomic mass is 19.4. The van der Waals surface area contributed by atoms with E-state index in [1.807, 2.05) is 9.80 Å². The van der Waals surface area contributed by atoms with Crippen LogP contribution in [0.3, 0.4) is 0 Å². The Kier molecular flexibility index (Phi) is 9.23. The number of aliphatic carboxylic acids is 1. The van der Waals surface area contributed by atoms with Gasteiger partial charge in [-0.15, -0.1) is 0 Å². The average molecular weight is 609 g/mol. The highest BCUT2D eigenvalue weighted by molar-refractivity contribution is 5.86. The fraction of sp³-hybridized carbons (Fsp3) is 0.710. The molecule has 5 rings (SSSR count). The van der Waals surface area contributed by atoms with E-state index >= 15 is 4.39 Å². The molecule has 3 heterocycles. The van der Waals surface area contributed by atoms with Crippen LogP contribution in [0, 0.1) is 23.2 Å². The molecule has 0 spiro atoms. The van der Waals surface area contributed by atoms with E-state index in [0.29, 0.717) is 50.1 Å². The van der Waals surface area contributed by atoms with Gasteiger partial charge in [0.15, 0.2) is 0 Å². The summed E-state index contributed by atoms with van der Waals surface area (Å²) in [5, 5.41) is 18.6. The maximum absolute atomic E-state index is 16.4. The minimum Gasteiger partial charge on any atom is -0.481 e. The van der Waals surface area contributed by atoms with Crippen LogP contribution in [0.4, 0.5) is 23.2 Å². The number of likely N-dealkylation sites (tertiary alicyclic amines) is 2. The van der Waals surface area contributed by atoms with Gasteiger partial charge in [0.2, 0.25) is 5.67 Å². The summed E-state index contributed by atoms with van der Waals surface area (Å²) in [4.78, 5) is 30.7. The molecule has 4 fully saturated rings. The maximum atomic E-state index is 16.4. The van der Waals surface area contributed by atoms with Gasteiger partial charge in [-0.2, -0.15) is 18.4 Å². The third-order valence-corrected chi connectivity index (χ3v) is 10.0. The zero-order valence-electron chi connectivity index (χ0n) is 24.5. The second kappa shape index (κ2) is 12.6. The molecule has 3 saturated heterocycles. The van der Waals surface area contributed by atoms with Gasteiger partial charge in [0.1, 0.15) is 0 Å². The number of carboxylic acid groups (broad SMARTS) is 1. The molecule has 4 aliphatic rings. The molecular weight excluding hydrogens is 568 g/mol. The summed E-state index contributed by atoms with van der Waals surface area (Å²) in [7, 11) is 1.51. The first-order chi connectivity index (χ1) is 20.4. The second-order valence-corrected chi connectivity index (χ2v) is 12.7. The molecule has 1 aliphatic carbocycles. The van der Waals surface area contributed by atoms with Gasteiger partial charge in [0.05, 0.1) is 30.2 Å². The van der Waals surface area contributed by atoms with Gasteiger partial charge in [-0.1, -0.05) is 6.07 Å². The monoisotopic (exact) mass is 608 g/mol. The van der Waals surface area contributed by atoms with Crippen molar-refractivity contribution in [2.24, 2.45) is 11.8 Å². The van der Waals surface area contributed by atoms with Crippen molar-refractivity contribution in [2.75, 3.05) is 51.3 Å². The number of carbonyl (C=O) groups is 2. The summed E-state index contributed by atoms with van der Waals surface area (Å²) < 4.78 is 63.0. The zero-order valence-corrected chi connectivity index (χ0v) is 24.5. The van der Waals surface area contributed by atoms with Crippen LogP contribution in [0.15, 0.2) is 18.2 Å². The number of benzene rings is 1. The Bertz CT molecular complexity index is 1220. The number of hydrogen-bond donors (Lipinski definition) is 1. The van der Waals surface area contributed by atoms with Crippen molar-refractivity contribution in [3.05, 3.63) is 29.3 Å². The highest BCUT2D eigenvalue weighted by Crippen LogP contribution is 2.43. The van der Waals surface area contributed by atoms with E-state index < -0.39 is 41.2 Å². The summed E-state index contributed by atoms with van der Waals surface area (Å²) in [6.07, 6.45) is -0.239. The van der Waals surface area contributed by atoms with E-state index in [9.17, 15) is 33.1 Å². The molecule has 1 aromatic rings. The largest absolute Gasteiger partial charge is 0.481 e. The van der Waals surface area contributed by atoms with Gasteiger partial charge in [0, 0.05) is 69.8 Å². The lowest BCUT2D eigenvalue weighted by molar-refractivity contribution is -0.145. The Balaban J connectivity index is 1.35. The number of rotatable bonds is 7. The molecule has 0 unspecified atom stereocenters. The van der Waals surface area contributed by atoms with E-state index in [1.165, 1.54) is 18.1 Å². The van der Waals surface area contributed by atoms with Crippen molar-refractivity contribution in [3.8, 4) is 6.07 Å². The normalized spacial score (nSPS) is 30.9. The number of anilines is 1. The van der Waals surface area contributed by atoms with E-state index in [4.69, 9.17) is 4.74 Å². The van der Waals surface area contributed by atoms with Gasteiger partial charge in [-0.3, -0.25) is 14.5 Å². The number of halogens is 4. The molecule has 3 aliphatic heterocycles. The first-order valence-electron chi connectivity index (χ1n) is 15.2. The summed E-state index contributed by atoms with van der Waals surface area (Å²) >= 11 is 0. The number of methoxy groups -OCH3 is 1. The quantitative estimate of drug-likeness (QED) is 0.443. The average Bonchev–Trinajstić information content (AvgIpc) is 3.61. The summed E-state index contributed by atoms with van der Waals surface area (Å²) in [6, 6.07) is 5.67. The predicted octanol–water partition coefficient (Wildman–Crippen LogP) is 4.83. The summed E-state index contributed by atoms with van der Waals surface area (Å²) in [5.41, 5.74) is -1.81. The minimum absolute atomic E-state index is 0.00135. The Morgan fingerprint density at radius 1 is 1.12 bits per heavy atom. The molecule has 1 amide bonds. The number of nitrogens with zero attached hydrogens (tertiary/aromatic N) is 4. The Morgan fingerprint density at radius 3 is 2.42 bits per heavy atom. The van der Waals surface area contributed by atoms with Gasteiger partial charge in [0.25, 0.3) is 5.91 Å². The standard InChI is InChI=1S/C31H40F4N4O4/c1-43-18-25-14-22(17-39(25)29(42)30(32)10-13-38(19-30)24-5-2-20(16-36)3-6-24)26-7-4-23(31(33,34)35)15-27(26)37-11-8-21(9-12-37)28(40)41/h4,7,15,20-22,24-25H,2-3,5-6,8-14,17-19H2,1H3,(H,40,41)/t20-,22-,24-,25+,30-/m1/s1. The Hall–Kier alpha value is -2.91. The van der Waals surface area contributed by atoms with Crippen LogP contribution in [-0.2, 0) is 20.5 Å². The molecule has 0 radical (unpaired) electrons. The highest BCUT2D eigenvalue weighted by Gasteiger charge is 2.52. The van der Waals surface area contributed by atoms with Crippen molar-refractivity contribution >= 4 is 17.6 Å². The molecule has 0 bridgehead atoms. The fourth-order valence-electron chi connectivity index (χ4n) is 7.56. The lowest BCUT2D eigenvalue weighted by Crippen LogP contribution is -2.51. The molecular formula is C31H40F4N4O4. The lowest BCUT2D eigenvalue weighted by atomic mass is 9.86. The summed E-state index contributed by atoms with van der Waals surface area (Å²) in [6.45, 7) is 1.42. The van der Waals surface area contributed by atoms with Gasteiger partial charge in [-0.05, 0) is 62.6 Å². The topological polar surface area (TPSA) is 97.1 Å². The molecule has 236 valence electrons. The van der Waals surface area contributed by atoms with Crippen LogP contribution >= 0.6 is 0 Å². The van der Waals surface area contributed by atoms with Crippen LogP contribution < -0.4 is 4.90 Å². The molecule has 1 saturated carbocycles. The number of ether oxygens (including phenoxy) is 1. The number of carboxylic acids is 1. The molecule has 8 nitrogen and oxygen atoms in total. The number of alkyl halides is 4. The molecule has 43 heavy (non-hydrogen) atoms. The third-order valence-electron chi connectivity index (χ3n) is 10.0. The Morgan fingerprint density at radius 2 is 1.81 bits per heavy atom. The number of hydrogen-bond acceptors (Lipinski definition) is 6. The predicted molar refractivity (Wildman–Crippen MR) is 150 cm³/mol. The summed E-state index contributed by atoms with van der Waals surface area (Å²) in [5.74, 6) is -2.34. The van der Waals surface area contributed by atoms with E-state index in [-0.39, 0.29) is 44.0 Å². The van der Waals surface area contributed by atoms with Crippen LogP contribution in [-0.4, -0.2) is 91.0 Å². The smallest absolute Gasteiger partial charge is 0.416 e. The first-order valence-corrected chi connectivity index (χ1v) is 15.2. The van der Waals surface area contributed by atoms with Crippen LogP contribution in [0.25, 0.3) is 0 Å². The van der Waals surface area contributed by atoms with E-state index in [1.54, 1.807) is 0 Å². The fourth-order valence-corrected chi connectivity index (χ4v) is 7.56. The number of nitriles is 1. The van der Waals surface area contributed by atoms with E-state index in [2.05, 4.69) is 6.07 Å². The van der Waals surface area contributed by atoms with Crippen LogP contribution in [0.2, 0.25) is 0 Å². The maximum Gasteiger partial charge on any atom is 0.416 e. The second-order valence-electron chi connectivity index (χ2n) is 12.7. The molecule has 3 atom stereocenters. The van der Waals surface area contributed by atoms with Crippen molar-refractivity contribution in [2.45, 2.75) is 81.2 Å². The van der Waals surface area contributed by atoms with Gasteiger partial charge >= 0.3 is 12.1 Å². The Labute approximate surface area is 249 Å². The number of amides is 1. The SMILES string of the molecule is COC[C@@H]1C[C@@H](c2ccc(C(F)(F)F)cc2N2CCC(C(=O)O)CC2)CN1C(=O)[C@@]1(F)CCN([C@H]2CC[C@H](C#N)CC2)C1. The van der Waals surface area contributed by atoms with Crippen LogP contribution in [0.1, 0.15) is 68.4 Å². The lowest BCUT2D eigenvalue weighted by Gasteiger charge is -2.35. The van der Waals surface area contributed by atoms with Crippen molar-refractivity contribution in [3.63, 3.8) is 0 Å². The number of piperidine rings is 1. The molecule has 1 aromatic carbocycles. The molecule has 12 heteroatoms.